The third-order valence-electron chi connectivity index (χ3n) is 3.45. The van der Waals surface area contributed by atoms with Crippen LogP contribution in [0.3, 0.4) is 0 Å². The number of fused-ring (bicyclic) bond motifs is 1. The van der Waals surface area contributed by atoms with Gasteiger partial charge >= 0.3 is 0 Å². The van der Waals surface area contributed by atoms with Crippen LogP contribution in [-0.4, -0.2) is 45.4 Å². The summed E-state index contributed by atoms with van der Waals surface area (Å²) in [6.07, 6.45) is 0. The topological polar surface area (TPSA) is 66.5 Å². The van der Waals surface area contributed by atoms with Gasteiger partial charge < -0.3 is 10.2 Å². The average Bonchev–Trinajstić information content (AvgIpc) is 2.87. The highest BCUT2D eigenvalue weighted by Crippen LogP contribution is 2.32. The van der Waals surface area contributed by atoms with E-state index in [4.69, 9.17) is 0 Å². The highest BCUT2D eigenvalue weighted by atomic mass is 32.2. The molecule has 0 radical (unpaired) electrons. The summed E-state index contributed by atoms with van der Waals surface area (Å²) < 4.78 is 22.9. The van der Waals surface area contributed by atoms with Crippen molar-refractivity contribution in [3.05, 3.63) is 21.4 Å². The van der Waals surface area contributed by atoms with Crippen LogP contribution in [0.4, 0.5) is 0 Å². The number of amides is 1. The largest absolute Gasteiger partial charge is 0.350 e. The summed E-state index contributed by atoms with van der Waals surface area (Å²) in [4.78, 5) is 15.7. The maximum Gasteiger partial charge on any atom is 0.261 e. The fourth-order valence-corrected chi connectivity index (χ4v) is 5.44. The van der Waals surface area contributed by atoms with Gasteiger partial charge in [0.1, 0.15) is 0 Å². The molecule has 0 aliphatic carbocycles. The minimum atomic E-state index is -2.97. The summed E-state index contributed by atoms with van der Waals surface area (Å²) in [7, 11) is -2.97. The molecule has 1 N–H and O–H groups in total. The molecule has 5 nitrogen and oxygen atoms in total. The monoisotopic (exact) mass is 316 g/mol. The number of hydrogen-bond donors (Lipinski definition) is 1. The Labute approximate surface area is 123 Å². The third kappa shape index (κ3) is 3.59. The molecule has 20 heavy (non-hydrogen) atoms. The predicted molar refractivity (Wildman–Crippen MR) is 80.8 cm³/mol. The van der Waals surface area contributed by atoms with Crippen LogP contribution in [-0.2, 0) is 21.3 Å². The molecule has 0 saturated heterocycles. The van der Waals surface area contributed by atoms with E-state index in [9.17, 15) is 13.2 Å². The van der Waals surface area contributed by atoms with E-state index in [0.29, 0.717) is 11.4 Å². The number of nitrogens with one attached hydrogen (secondary N) is 1. The highest BCUT2D eigenvalue weighted by Gasteiger charge is 2.28. The maximum atomic E-state index is 12.0. The number of thiophene rings is 1. The molecule has 1 aromatic heterocycles. The van der Waals surface area contributed by atoms with Gasteiger partial charge in [-0.15, -0.1) is 11.3 Å². The molecule has 1 amide bonds. The van der Waals surface area contributed by atoms with E-state index in [1.54, 1.807) is 6.07 Å². The van der Waals surface area contributed by atoms with Crippen molar-refractivity contribution in [3.63, 3.8) is 0 Å². The van der Waals surface area contributed by atoms with Crippen molar-refractivity contribution in [3.8, 4) is 0 Å². The minimum absolute atomic E-state index is 0.0750. The van der Waals surface area contributed by atoms with Crippen molar-refractivity contribution in [2.75, 3.05) is 26.2 Å². The van der Waals surface area contributed by atoms with Crippen LogP contribution in [0.15, 0.2) is 6.07 Å². The minimum Gasteiger partial charge on any atom is -0.350 e. The fourth-order valence-electron chi connectivity index (χ4n) is 2.26. The molecular formula is C13H20N2O3S2. The molecule has 112 valence electrons. The van der Waals surface area contributed by atoms with E-state index in [1.165, 1.54) is 11.3 Å². The van der Waals surface area contributed by atoms with Crippen molar-refractivity contribution in [2.45, 2.75) is 25.4 Å². The number of carbonyl (C=O) groups is 1. The van der Waals surface area contributed by atoms with Gasteiger partial charge in [-0.2, -0.15) is 0 Å². The van der Waals surface area contributed by atoms with E-state index in [-0.39, 0.29) is 17.4 Å². The second kappa shape index (κ2) is 6.24. The first kappa shape index (κ1) is 15.5. The average molecular weight is 316 g/mol. The standard InChI is InChI=1S/C13H20N2O3S2/c1-3-15(4-2)6-5-14-13(16)11-7-10-8-20(17,18)9-12(10)19-11/h7H,3-6,8-9H2,1-2H3,(H,14,16). The Morgan fingerprint density at radius 3 is 2.65 bits per heavy atom. The number of carbonyl (C=O) groups excluding carboxylic acids is 1. The Morgan fingerprint density at radius 1 is 1.35 bits per heavy atom. The molecule has 7 heteroatoms. The first-order valence-corrected chi connectivity index (χ1v) is 9.41. The second-order valence-electron chi connectivity index (χ2n) is 4.87. The van der Waals surface area contributed by atoms with Crippen molar-refractivity contribution in [1.82, 2.24) is 10.2 Å². The zero-order chi connectivity index (χ0) is 14.8. The van der Waals surface area contributed by atoms with Crippen molar-refractivity contribution < 1.29 is 13.2 Å². The molecule has 1 aliphatic heterocycles. The number of nitrogens with zero attached hydrogens (tertiary/aromatic N) is 1. The number of hydrogen-bond acceptors (Lipinski definition) is 5. The highest BCUT2D eigenvalue weighted by molar-refractivity contribution is 7.90. The Balaban J connectivity index is 1.89. The van der Waals surface area contributed by atoms with Gasteiger partial charge in [-0.3, -0.25) is 4.79 Å². The maximum absolute atomic E-state index is 12.0. The summed E-state index contributed by atoms with van der Waals surface area (Å²) >= 11 is 1.30. The Morgan fingerprint density at radius 2 is 2.05 bits per heavy atom. The van der Waals surface area contributed by atoms with Crippen molar-refractivity contribution in [1.29, 1.82) is 0 Å². The van der Waals surface area contributed by atoms with Gasteiger partial charge in [0.2, 0.25) is 0 Å². The first-order valence-electron chi connectivity index (χ1n) is 6.77. The van der Waals surface area contributed by atoms with E-state index in [1.807, 2.05) is 0 Å². The summed E-state index contributed by atoms with van der Waals surface area (Å²) in [6.45, 7) is 7.57. The van der Waals surface area contributed by atoms with Crippen LogP contribution < -0.4 is 5.32 Å². The lowest BCUT2D eigenvalue weighted by molar-refractivity contribution is 0.0953. The van der Waals surface area contributed by atoms with Crippen molar-refractivity contribution >= 4 is 27.1 Å². The first-order chi connectivity index (χ1) is 9.45. The Kier molecular flexibility index (Phi) is 4.82. The molecule has 2 heterocycles. The molecule has 0 spiro atoms. The SMILES string of the molecule is CCN(CC)CCNC(=O)c1cc2c(s1)CS(=O)(=O)C2. The van der Waals surface area contributed by atoms with Gasteiger partial charge in [-0.1, -0.05) is 13.8 Å². The lowest BCUT2D eigenvalue weighted by Gasteiger charge is -2.17. The van der Waals surface area contributed by atoms with Gasteiger partial charge in [0.15, 0.2) is 9.84 Å². The molecule has 0 atom stereocenters. The normalized spacial score (nSPS) is 16.4. The van der Waals surface area contributed by atoms with Gasteiger partial charge in [-0.05, 0) is 24.7 Å². The van der Waals surface area contributed by atoms with Crippen LogP contribution in [0.25, 0.3) is 0 Å². The molecule has 1 aliphatic rings. The summed E-state index contributed by atoms with van der Waals surface area (Å²) in [5.41, 5.74) is 0.795. The molecule has 0 saturated carbocycles. The molecule has 1 aromatic rings. The zero-order valence-corrected chi connectivity index (χ0v) is 13.4. The number of rotatable bonds is 6. The summed E-state index contributed by atoms with van der Waals surface area (Å²) in [5, 5.41) is 2.89. The number of likely N-dealkylation sites (N-methyl/N-ethyl adjacent to an activating group) is 1. The third-order valence-corrected chi connectivity index (χ3v) is 6.29. The van der Waals surface area contributed by atoms with E-state index < -0.39 is 9.84 Å². The lowest BCUT2D eigenvalue weighted by atomic mass is 10.3. The fraction of sp³-hybridized carbons (Fsp3) is 0.615. The quantitative estimate of drug-likeness (QED) is 0.858. The van der Waals surface area contributed by atoms with E-state index >= 15 is 0 Å². The molecule has 0 bridgehead atoms. The Bertz CT molecular complexity index is 559. The van der Waals surface area contributed by atoms with Crippen molar-refractivity contribution in [2.24, 2.45) is 0 Å². The molecular weight excluding hydrogens is 296 g/mol. The predicted octanol–water partition coefficient (Wildman–Crippen LogP) is 1.25. The van der Waals surface area contributed by atoms with Gasteiger partial charge in [0, 0.05) is 18.0 Å². The Hall–Kier alpha value is -0.920. The molecule has 0 unspecified atom stereocenters. The lowest BCUT2D eigenvalue weighted by Crippen LogP contribution is -2.34. The summed E-state index contributed by atoms with van der Waals surface area (Å²) in [5.74, 6) is 0.0552. The van der Waals surface area contributed by atoms with E-state index in [2.05, 4.69) is 24.1 Å². The van der Waals surface area contributed by atoms with Crippen LogP contribution in [0.2, 0.25) is 0 Å². The summed E-state index contributed by atoms with van der Waals surface area (Å²) in [6, 6.07) is 1.72. The van der Waals surface area contributed by atoms with Crippen LogP contribution >= 0.6 is 11.3 Å². The smallest absolute Gasteiger partial charge is 0.261 e. The molecule has 2 rings (SSSR count). The zero-order valence-electron chi connectivity index (χ0n) is 11.8. The molecule has 0 aromatic carbocycles. The second-order valence-corrected chi connectivity index (χ2v) is 8.08. The van der Waals surface area contributed by atoms with Gasteiger partial charge in [0.05, 0.1) is 16.4 Å². The van der Waals surface area contributed by atoms with E-state index in [0.717, 1.165) is 30.1 Å². The van der Waals surface area contributed by atoms with Crippen LogP contribution in [0.5, 0.6) is 0 Å². The number of sulfone groups is 1. The van der Waals surface area contributed by atoms with Gasteiger partial charge in [-0.25, -0.2) is 8.42 Å². The van der Waals surface area contributed by atoms with Crippen LogP contribution in [0.1, 0.15) is 34.0 Å². The molecule has 0 fully saturated rings. The van der Waals surface area contributed by atoms with Crippen LogP contribution in [0, 0.1) is 0 Å². The van der Waals surface area contributed by atoms with Gasteiger partial charge in [0.25, 0.3) is 5.91 Å².